The highest BCUT2D eigenvalue weighted by molar-refractivity contribution is 5.87. The maximum Gasteiger partial charge on any atom is 0.252 e. The van der Waals surface area contributed by atoms with Crippen LogP contribution in [-0.2, 0) is 19.1 Å². The fourth-order valence-corrected chi connectivity index (χ4v) is 4.19. The zero-order chi connectivity index (χ0) is 18.7. The average molecular weight is 360 g/mol. The quantitative estimate of drug-likeness (QED) is 0.872. The molecule has 0 spiro atoms. The van der Waals surface area contributed by atoms with Crippen molar-refractivity contribution < 1.29 is 19.1 Å². The van der Waals surface area contributed by atoms with Gasteiger partial charge in [-0.3, -0.25) is 9.59 Å². The van der Waals surface area contributed by atoms with E-state index in [1.54, 1.807) is 19.1 Å². The maximum atomic E-state index is 13.2. The van der Waals surface area contributed by atoms with Gasteiger partial charge in [-0.2, -0.15) is 0 Å². The third kappa shape index (κ3) is 3.62. The zero-order valence-corrected chi connectivity index (χ0v) is 15.8. The van der Waals surface area contributed by atoms with E-state index in [4.69, 9.17) is 9.47 Å². The Hall–Kier alpha value is -1.92. The summed E-state index contributed by atoms with van der Waals surface area (Å²) in [7, 11) is 3.40. The van der Waals surface area contributed by atoms with Gasteiger partial charge in [-0.1, -0.05) is 37.1 Å². The van der Waals surface area contributed by atoms with Crippen molar-refractivity contribution in [2.45, 2.75) is 50.3 Å². The van der Waals surface area contributed by atoms with Crippen LogP contribution in [0.3, 0.4) is 0 Å². The molecule has 0 unspecified atom stereocenters. The smallest absolute Gasteiger partial charge is 0.252 e. The van der Waals surface area contributed by atoms with Crippen LogP contribution in [-0.4, -0.2) is 55.7 Å². The van der Waals surface area contributed by atoms with Crippen LogP contribution in [0, 0.1) is 6.92 Å². The predicted octanol–water partition coefficient (Wildman–Crippen LogP) is 1.97. The van der Waals surface area contributed by atoms with Crippen LogP contribution in [0.15, 0.2) is 24.3 Å². The first kappa shape index (κ1) is 18.9. The summed E-state index contributed by atoms with van der Waals surface area (Å²) in [6, 6.07) is 7.39. The van der Waals surface area contributed by atoms with E-state index < -0.39 is 12.1 Å². The molecule has 0 aromatic heterocycles. The number of benzene rings is 1. The van der Waals surface area contributed by atoms with E-state index in [2.05, 4.69) is 5.32 Å². The van der Waals surface area contributed by atoms with Gasteiger partial charge in [-0.05, 0) is 30.9 Å². The van der Waals surface area contributed by atoms with Crippen molar-refractivity contribution in [1.29, 1.82) is 0 Å². The van der Waals surface area contributed by atoms with E-state index >= 15 is 0 Å². The number of morpholine rings is 1. The van der Waals surface area contributed by atoms with Crippen LogP contribution < -0.4 is 5.32 Å². The van der Waals surface area contributed by atoms with Gasteiger partial charge in [0.05, 0.1) is 18.2 Å². The number of hydrogen-bond acceptors (Lipinski definition) is 4. The first-order valence-corrected chi connectivity index (χ1v) is 9.21. The molecule has 26 heavy (non-hydrogen) atoms. The molecule has 1 N–H and O–H groups in total. The van der Waals surface area contributed by atoms with Crippen LogP contribution in [0.25, 0.3) is 0 Å². The Morgan fingerprint density at radius 3 is 2.69 bits per heavy atom. The Kier molecular flexibility index (Phi) is 5.63. The number of ether oxygens (including phenoxy) is 2. The summed E-state index contributed by atoms with van der Waals surface area (Å²) in [6.07, 6.45) is 3.24. The standard InChI is InChI=1S/C20H28N2O4/c1-14-8-4-5-9-15(14)17-18(26-12-16(23)22(17)2)19(24)21-20(13-25-3)10-6-7-11-20/h4-5,8-9,17-18H,6-7,10-13H2,1-3H3,(H,21,24)/t17-,18+/m1/s1. The molecule has 1 aliphatic carbocycles. The second-order valence-electron chi connectivity index (χ2n) is 7.45. The number of nitrogens with zero attached hydrogens (tertiary/aromatic N) is 1. The monoisotopic (exact) mass is 360 g/mol. The van der Waals surface area contributed by atoms with Crippen molar-refractivity contribution in [1.82, 2.24) is 10.2 Å². The Morgan fingerprint density at radius 2 is 2.04 bits per heavy atom. The summed E-state index contributed by atoms with van der Waals surface area (Å²) >= 11 is 0. The van der Waals surface area contributed by atoms with E-state index in [1.165, 1.54) is 0 Å². The van der Waals surface area contributed by atoms with Gasteiger partial charge in [0.25, 0.3) is 5.91 Å². The van der Waals surface area contributed by atoms with E-state index in [0.717, 1.165) is 36.8 Å². The highest BCUT2D eigenvalue weighted by atomic mass is 16.5. The molecule has 2 fully saturated rings. The molecule has 1 heterocycles. The Labute approximate surface area is 154 Å². The molecule has 6 nitrogen and oxygen atoms in total. The van der Waals surface area contributed by atoms with Gasteiger partial charge in [-0.25, -0.2) is 0 Å². The van der Waals surface area contributed by atoms with Crippen molar-refractivity contribution in [3.05, 3.63) is 35.4 Å². The fraction of sp³-hybridized carbons (Fsp3) is 0.600. The van der Waals surface area contributed by atoms with Crippen LogP contribution in [0.2, 0.25) is 0 Å². The maximum absolute atomic E-state index is 13.2. The molecule has 6 heteroatoms. The minimum atomic E-state index is -0.729. The number of rotatable bonds is 5. The number of likely N-dealkylation sites (N-methyl/N-ethyl adjacent to an activating group) is 1. The van der Waals surface area contributed by atoms with Gasteiger partial charge >= 0.3 is 0 Å². The second-order valence-corrected chi connectivity index (χ2v) is 7.45. The lowest BCUT2D eigenvalue weighted by Gasteiger charge is -2.40. The van der Waals surface area contributed by atoms with Crippen molar-refractivity contribution in [2.75, 3.05) is 27.4 Å². The number of amides is 2. The third-order valence-corrected chi connectivity index (χ3v) is 5.62. The van der Waals surface area contributed by atoms with Crippen LogP contribution in [0.5, 0.6) is 0 Å². The zero-order valence-electron chi connectivity index (χ0n) is 15.8. The minimum Gasteiger partial charge on any atom is -0.382 e. The molecule has 2 aliphatic rings. The van der Waals surface area contributed by atoms with Gasteiger partial charge in [-0.15, -0.1) is 0 Å². The van der Waals surface area contributed by atoms with Crippen LogP contribution >= 0.6 is 0 Å². The van der Waals surface area contributed by atoms with Gasteiger partial charge in [0.2, 0.25) is 5.91 Å². The van der Waals surface area contributed by atoms with Crippen molar-refractivity contribution >= 4 is 11.8 Å². The molecular weight excluding hydrogens is 332 g/mol. The predicted molar refractivity (Wildman–Crippen MR) is 97.6 cm³/mol. The molecule has 3 rings (SSSR count). The minimum absolute atomic E-state index is 0.0752. The number of methoxy groups -OCH3 is 1. The first-order chi connectivity index (χ1) is 12.5. The summed E-state index contributed by atoms with van der Waals surface area (Å²) in [5.41, 5.74) is 1.65. The molecule has 2 amide bonds. The molecule has 2 atom stereocenters. The van der Waals surface area contributed by atoms with E-state index in [-0.39, 0.29) is 24.0 Å². The summed E-state index contributed by atoms with van der Waals surface area (Å²) in [5.74, 6) is -0.286. The Morgan fingerprint density at radius 1 is 1.35 bits per heavy atom. The number of aryl methyl sites for hydroxylation is 1. The summed E-state index contributed by atoms with van der Waals surface area (Å²) < 4.78 is 11.1. The molecule has 1 aliphatic heterocycles. The highest BCUT2D eigenvalue weighted by Crippen LogP contribution is 2.34. The molecule has 1 saturated heterocycles. The number of carbonyl (C=O) groups excluding carboxylic acids is 2. The van der Waals surface area contributed by atoms with E-state index in [0.29, 0.717) is 6.61 Å². The molecule has 142 valence electrons. The summed E-state index contributed by atoms with van der Waals surface area (Å²) in [4.78, 5) is 27.0. The normalized spacial score (nSPS) is 25.3. The van der Waals surface area contributed by atoms with Crippen molar-refractivity contribution in [2.24, 2.45) is 0 Å². The molecule has 1 aromatic carbocycles. The Balaban J connectivity index is 1.87. The molecule has 1 aromatic rings. The molecular formula is C20H28N2O4. The first-order valence-electron chi connectivity index (χ1n) is 9.21. The van der Waals surface area contributed by atoms with Gasteiger partial charge in [0.15, 0.2) is 6.10 Å². The van der Waals surface area contributed by atoms with Crippen molar-refractivity contribution in [3.8, 4) is 0 Å². The summed E-state index contributed by atoms with van der Waals surface area (Å²) in [5, 5.41) is 3.19. The number of hydrogen-bond donors (Lipinski definition) is 1. The Bertz CT molecular complexity index is 670. The lowest BCUT2D eigenvalue weighted by molar-refractivity contribution is -0.163. The van der Waals surface area contributed by atoms with Crippen LogP contribution in [0.1, 0.15) is 42.9 Å². The lowest BCUT2D eigenvalue weighted by atomic mass is 9.92. The topological polar surface area (TPSA) is 67.9 Å². The average Bonchev–Trinajstić information content (AvgIpc) is 3.06. The lowest BCUT2D eigenvalue weighted by Crippen LogP contribution is -2.58. The van der Waals surface area contributed by atoms with Crippen molar-refractivity contribution in [3.63, 3.8) is 0 Å². The highest BCUT2D eigenvalue weighted by Gasteiger charge is 2.44. The molecule has 0 radical (unpaired) electrons. The van der Waals surface area contributed by atoms with Gasteiger partial charge in [0.1, 0.15) is 6.61 Å². The largest absolute Gasteiger partial charge is 0.382 e. The van der Waals surface area contributed by atoms with Gasteiger partial charge in [0, 0.05) is 14.2 Å². The van der Waals surface area contributed by atoms with E-state index in [1.807, 2.05) is 31.2 Å². The fourth-order valence-electron chi connectivity index (χ4n) is 4.19. The second kappa shape index (κ2) is 7.76. The van der Waals surface area contributed by atoms with E-state index in [9.17, 15) is 9.59 Å². The number of carbonyl (C=O) groups is 2. The van der Waals surface area contributed by atoms with Gasteiger partial charge < -0.3 is 19.7 Å². The molecule has 0 bridgehead atoms. The summed E-state index contributed by atoms with van der Waals surface area (Å²) in [6.45, 7) is 2.41. The SMILES string of the molecule is COCC1(NC(=O)[C@H]2OCC(=O)N(C)[C@@H]2c2ccccc2C)CCCC1. The third-order valence-electron chi connectivity index (χ3n) is 5.62. The van der Waals surface area contributed by atoms with Crippen LogP contribution in [0.4, 0.5) is 0 Å². The number of nitrogens with one attached hydrogen (secondary N) is 1. The molecule has 1 saturated carbocycles.